The van der Waals surface area contributed by atoms with Gasteiger partial charge in [0.1, 0.15) is 5.75 Å². The lowest BCUT2D eigenvalue weighted by Gasteiger charge is -2.34. The summed E-state index contributed by atoms with van der Waals surface area (Å²) in [4.78, 5) is 25.9. The third-order valence-electron chi connectivity index (χ3n) is 3.71. The first-order chi connectivity index (χ1) is 9.63. The fourth-order valence-corrected chi connectivity index (χ4v) is 2.58. The van der Waals surface area contributed by atoms with Gasteiger partial charge in [-0.05, 0) is 37.8 Å². The number of aromatic hydroxyl groups is 1. The number of nitrogens with zero attached hydrogens (tertiary/aromatic N) is 1. The van der Waals surface area contributed by atoms with Crippen LogP contribution in [0.2, 0.25) is 0 Å². The van der Waals surface area contributed by atoms with Gasteiger partial charge in [0.25, 0.3) is 0 Å². The number of hydrogen-bond acceptors (Lipinski definition) is 3. The maximum Gasteiger partial charge on any atom is 0.314 e. The molecule has 2 amide bonds. The quantitative estimate of drug-likeness (QED) is 0.642. The summed E-state index contributed by atoms with van der Waals surface area (Å²) in [6.07, 6.45) is 3.84. The highest BCUT2D eigenvalue weighted by atomic mass is 16.3. The van der Waals surface area contributed by atoms with Crippen molar-refractivity contribution in [3.8, 4) is 5.75 Å². The van der Waals surface area contributed by atoms with E-state index in [0.717, 1.165) is 25.7 Å². The van der Waals surface area contributed by atoms with Crippen molar-refractivity contribution in [2.24, 2.45) is 0 Å². The summed E-state index contributed by atoms with van der Waals surface area (Å²) < 4.78 is 0. The lowest BCUT2D eigenvalue weighted by Crippen LogP contribution is -2.48. The summed E-state index contributed by atoms with van der Waals surface area (Å²) in [6, 6.07) is 6.52. The second kappa shape index (κ2) is 6.41. The van der Waals surface area contributed by atoms with Crippen LogP contribution in [0.15, 0.2) is 24.3 Å². The van der Waals surface area contributed by atoms with Gasteiger partial charge in [-0.15, -0.1) is 0 Å². The van der Waals surface area contributed by atoms with Crippen LogP contribution in [0.3, 0.4) is 0 Å². The maximum absolute atomic E-state index is 12.2. The van der Waals surface area contributed by atoms with Crippen molar-refractivity contribution in [2.75, 3.05) is 11.9 Å². The van der Waals surface area contributed by atoms with Gasteiger partial charge in [-0.25, -0.2) is 0 Å². The molecule has 1 aromatic carbocycles. The number of carbonyl (C=O) groups is 2. The van der Waals surface area contributed by atoms with E-state index in [1.165, 1.54) is 6.07 Å². The third kappa shape index (κ3) is 3.10. The lowest BCUT2D eigenvalue weighted by atomic mass is 10.00. The van der Waals surface area contributed by atoms with Crippen LogP contribution in [0, 0.1) is 0 Å². The van der Waals surface area contributed by atoms with Gasteiger partial charge in [-0.3, -0.25) is 9.59 Å². The summed E-state index contributed by atoms with van der Waals surface area (Å²) >= 11 is 0. The minimum Gasteiger partial charge on any atom is -0.506 e. The van der Waals surface area contributed by atoms with E-state index in [2.05, 4.69) is 5.32 Å². The van der Waals surface area contributed by atoms with Gasteiger partial charge in [-0.1, -0.05) is 19.1 Å². The van der Waals surface area contributed by atoms with Crippen LogP contribution >= 0.6 is 0 Å². The van der Waals surface area contributed by atoms with Gasteiger partial charge in [0.05, 0.1) is 5.69 Å². The van der Waals surface area contributed by atoms with Crippen LogP contribution in [0.5, 0.6) is 5.75 Å². The lowest BCUT2D eigenvalue weighted by molar-refractivity contribution is -0.145. The average molecular weight is 276 g/mol. The normalized spacial score (nSPS) is 18.6. The molecule has 5 heteroatoms. The number of benzene rings is 1. The number of phenols is 1. The Hall–Kier alpha value is -2.04. The molecule has 0 bridgehead atoms. The smallest absolute Gasteiger partial charge is 0.314 e. The average Bonchev–Trinajstić information content (AvgIpc) is 2.48. The molecule has 1 atom stereocenters. The maximum atomic E-state index is 12.2. The SMILES string of the molecule is CCC1CCCCN1C(=O)C(=O)Nc1ccccc1O. The van der Waals surface area contributed by atoms with Gasteiger partial charge in [-0.2, -0.15) is 0 Å². The molecule has 1 heterocycles. The number of amides is 2. The van der Waals surface area contributed by atoms with E-state index in [1.807, 2.05) is 6.92 Å². The first kappa shape index (κ1) is 14.4. The third-order valence-corrected chi connectivity index (χ3v) is 3.71. The number of phenolic OH excluding ortho intramolecular Hbond substituents is 1. The second-order valence-electron chi connectivity index (χ2n) is 5.03. The second-order valence-corrected chi connectivity index (χ2v) is 5.03. The molecule has 2 N–H and O–H groups in total. The summed E-state index contributed by atoms with van der Waals surface area (Å²) in [7, 11) is 0. The van der Waals surface area contributed by atoms with E-state index in [0.29, 0.717) is 6.54 Å². The van der Waals surface area contributed by atoms with Crippen molar-refractivity contribution >= 4 is 17.5 Å². The number of anilines is 1. The van der Waals surface area contributed by atoms with Gasteiger partial charge in [0.2, 0.25) is 0 Å². The van der Waals surface area contributed by atoms with E-state index in [-0.39, 0.29) is 17.5 Å². The molecule has 1 aliphatic rings. The van der Waals surface area contributed by atoms with Crippen LogP contribution in [-0.2, 0) is 9.59 Å². The van der Waals surface area contributed by atoms with Crippen LogP contribution in [-0.4, -0.2) is 34.4 Å². The van der Waals surface area contributed by atoms with Gasteiger partial charge in [0, 0.05) is 12.6 Å². The molecule has 108 valence electrons. The van der Waals surface area contributed by atoms with E-state index >= 15 is 0 Å². The van der Waals surface area contributed by atoms with E-state index in [4.69, 9.17) is 0 Å². The van der Waals surface area contributed by atoms with Crippen LogP contribution < -0.4 is 5.32 Å². The number of rotatable bonds is 2. The number of piperidine rings is 1. The number of likely N-dealkylation sites (tertiary alicyclic amines) is 1. The van der Waals surface area contributed by atoms with Crippen molar-refractivity contribution in [1.29, 1.82) is 0 Å². The molecule has 2 rings (SSSR count). The molecule has 5 nitrogen and oxygen atoms in total. The molecule has 1 saturated heterocycles. The molecular formula is C15H20N2O3. The van der Waals surface area contributed by atoms with Crippen molar-refractivity contribution < 1.29 is 14.7 Å². The summed E-state index contributed by atoms with van der Waals surface area (Å²) in [5, 5.41) is 12.1. The Labute approximate surface area is 118 Å². The summed E-state index contributed by atoms with van der Waals surface area (Å²) in [6.45, 7) is 2.66. The van der Waals surface area contributed by atoms with E-state index < -0.39 is 11.8 Å². The molecule has 1 unspecified atom stereocenters. The predicted molar refractivity (Wildman–Crippen MR) is 76.4 cm³/mol. The molecule has 0 aromatic heterocycles. The zero-order valence-electron chi connectivity index (χ0n) is 11.6. The van der Waals surface area contributed by atoms with Gasteiger partial charge in [0.15, 0.2) is 0 Å². The zero-order chi connectivity index (χ0) is 14.5. The standard InChI is InChI=1S/C15H20N2O3/c1-2-11-7-5-6-10-17(11)15(20)14(19)16-12-8-3-4-9-13(12)18/h3-4,8-9,11,18H,2,5-7,10H2,1H3,(H,16,19). The highest BCUT2D eigenvalue weighted by molar-refractivity contribution is 6.39. The van der Waals surface area contributed by atoms with Crippen molar-refractivity contribution in [1.82, 2.24) is 4.90 Å². The summed E-state index contributed by atoms with van der Waals surface area (Å²) in [5.41, 5.74) is 0.260. The van der Waals surface area contributed by atoms with Crippen molar-refractivity contribution in [3.05, 3.63) is 24.3 Å². The van der Waals surface area contributed by atoms with E-state index in [1.54, 1.807) is 23.1 Å². The Kier molecular flexibility index (Phi) is 4.61. The Morgan fingerprint density at radius 2 is 2.10 bits per heavy atom. The highest BCUT2D eigenvalue weighted by Crippen LogP contribution is 2.23. The Bertz CT molecular complexity index is 502. The monoisotopic (exact) mass is 276 g/mol. The van der Waals surface area contributed by atoms with Crippen LogP contribution in [0.25, 0.3) is 0 Å². The molecule has 1 aromatic rings. The Morgan fingerprint density at radius 1 is 1.35 bits per heavy atom. The van der Waals surface area contributed by atoms with Crippen LogP contribution in [0.1, 0.15) is 32.6 Å². The fourth-order valence-electron chi connectivity index (χ4n) is 2.58. The first-order valence-electron chi connectivity index (χ1n) is 7.03. The first-order valence-corrected chi connectivity index (χ1v) is 7.03. The minimum absolute atomic E-state index is 0.0423. The highest BCUT2D eigenvalue weighted by Gasteiger charge is 2.29. The Balaban J connectivity index is 2.05. The number of carbonyl (C=O) groups excluding carboxylic acids is 2. The van der Waals surface area contributed by atoms with E-state index in [9.17, 15) is 14.7 Å². The predicted octanol–water partition coefficient (Wildman–Crippen LogP) is 2.12. The number of nitrogens with one attached hydrogen (secondary N) is 1. The van der Waals surface area contributed by atoms with Gasteiger partial charge < -0.3 is 15.3 Å². The molecule has 0 radical (unpaired) electrons. The molecule has 0 saturated carbocycles. The van der Waals surface area contributed by atoms with Gasteiger partial charge >= 0.3 is 11.8 Å². The molecule has 20 heavy (non-hydrogen) atoms. The largest absolute Gasteiger partial charge is 0.506 e. The molecule has 1 fully saturated rings. The van der Waals surface area contributed by atoms with Crippen molar-refractivity contribution in [3.63, 3.8) is 0 Å². The molecule has 0 spiro atoms. The topological polar surface area (TPSA) is 69.6 Å². The Morgan fingerprint density at radius 3 is 2.80 bits per heavy atom. The zero-order valence-corrected chi connectivity index (χ0v) is 11.6. The minimum atomic E-state index is -0.688. The molecular weight excluding hydrogens is 256 g/mol. The number of para-hydroxylation sites is 2. The van der Waals surface area contributed by atoms with Crippen molar-refractivity contribution in [2.45, 2.75) is 38.6 Å². The summed E-state index contributed by atoms with van der Waals surface area (Å²) in [5.74, 6) is -1.24. The molecule has 0 aliphatic carbocycles. The molecule has 1 aliphatic heterocycles. The fraction of sp³-hybridized carbons (Fsp3) is 0.467. The number of hydrogen-bond donors (Lipinski definition) is 2. The van der Waals surface area contributed by atoms with Crippen LogP contribution in [0.4, 0.5) is 5.69 Å².